The quantitative estimate of drug-likeness (QED) is 0.0630. The normalized spacial score (nSPS) is 12.5. The second-order valence-corrected chi connectivity index (χ2v) is 13.3. The zero-order valence-electron chi connectivity index (χ0n) is 23.2. The Bertz CT molecular complexity index is 1580. The minimum absolute atomic E-state index is 0.0706. The minimum atomic E-state index is -4.85. The first-order valence-corrected chi connectivity index (χ1v) is 15.4. The summed E-state index contributed by atoms with van der Waals surface area (Å²) in [6.07, 6.45) is -4.26. The number of nitrogens with zero attached hydrogens (tertiary/aromatic N) is 1. The molecule has 0 aliphatic rings. The van der Waals surface area contributed by atoms with Crippen molar-refractivity contribution in [2.45, 2.75) is 34.3 Å². The molecule has 1 heterocycles. The van der Waals surface area contributed by atoms with Gasteiger partial charge in [0.2, 0.25) is 15.4 Å². The molecule has 0 aliphatic heterocycles. The van der Waals surface area contributed by atoms with E-state index in [0.29, 0.717) is 23.3 Å². The Hall–Kier alpha value is -3.25. The number of halogens is 7. The Labute approximate surface area is 275 Å². The third-order valence-corrected chi connectivity index (χ3v) is 7.62. The highest BCUT2D eigenvalue weighted by Crippen LogP contribution is 2.36. The number of aromatic nitrogens is 1. The minimum Gasteiger partial charge on any atom is -0.461 e. The molecule has 0 N–H and O–H groups in total. The van der Waals surface area contributed by atoms with E-state index >= 15 is 0 Å². The van der Waals surface area contributed by atoms with Crippen molar-refractivity contribution in [3.63, 3.8) is 0 Å². The molecule has 4 aromatic rings. The van der Waals surface area contributed by atoms with Gasteiger partial charge in [0.25, 0.3) is 0 Å². The second-order valence-electron chi connectivity index (χ2n) is 9.65. The van der Waals surface area contributed by atoms with E-state index in [1.54, 1.807) is 54.6 Å². The highest BCUT2D eigenvalue weighted by molar-refractivity contribution is 7.99. The van der Waals surface area contributed by atoms with Crippen LogP contribution in [-0.2, 0) is 33.5 Å². The number of rotatable bonds is 12. The summed E-state index contributed by atoms with van der Waals surface area (Å²) in [6.45, 7) is -1.22. The summed E-state index contributed by atoms with van der Waals surface area (Å²) >= 11 is 18.6. The predicted molar refractivity (Wildman–Crippen MR) is 163 cm³/mol. The van der Waals surface area contributed by atoms with Crippen molar-refractivity contribution in [2.75, 3.05) is 12.4 Å². The molecular weight excluding hydrogens is 681 g/mol. The van der Waals surface area contributed by atoms with Crippen LogP contribution in [0.25, 0.3) is 11.5 Å². The first-order valence-electron chi connectivity index (χ1n) is 13.3. The van der Waals surface area contributed by atoms with Crippen LogP contribution in [0.5, 0.6) is 0 Å². The van der Waals surface area contributed by atoms with Crippen molar-refractivity contribution in [1.29, 1.82) is 0 Å². The van der Waals surface area contributed by atoms with Crippen LogP contribution in [0.3, 0.4) is 0 Å². The SMILES string of the molecule is O=C(OCc1nc(-c2ccccc2)oc1C(F)(F)F)c1ccc(CC(CCSc2ccc(F)cc2)C(=O)OCC(Cl)(Cl)Cl)cc1. The molecule has 0 saturated heterocycles. The number of benzene rings is 3. The van der Waals surface area contributed by atoms with E-state index < -0.39 is 52.5 Å². The average molecular weight is 705 g/mol. The molecule has 0 saturated carbocycles. The molecule has 1 atom stereocenters. The van der Waals surface area contributed by atoms with Gasteiger partial charge in [0, 0.05) is 10.5 Å². The van der Waals surface area contributed by atoms with Gasteiger partial charge >= 0.3 is 18.1 Å². The van der Waals surface area contributed by atoms with Gasteiger partial charge < -0.3 is 13.9 Å². The number of alkyl halides is 6. The fourth-order valence-corrected chi connectivity index (χ4v) is 5.21. The second kappa shape index (κ2) is 15.4. The molecule has 0 aliphatic carbocycles. The van der Waals surface area contributed by atoms with E-state index in [9.17, 15) is 27.2 Å². The van der Waals surface area contributed by atoms with E-state index in [-0.39, 0.29) is 23.7 Å². The van der Waals surface area contributed by atoms with Crippen LogP contribution in [0, 0.1) is 11.7 Å². The molecule has 14 heteroatoms. The number of hydrogen-bond donors (Lipinski definition) is 0. The molecule has 0 amide bonds. The van der Waals surface area contributed by atoms with Crippen molar-refractivity contribution >= 4 is 58.5 Å². The third-order valence-electron chi connectivity index (χ3n) is 6.25. The summed E-state index contributed by atoms with van der Waals surface area (Å²) in [5.74, 6) is -3.58. The van der Waals surface area contributed by atoms with Crippen LogP contribution in [0.1, 0.15) is 33.8 Å². The van der Waals surface area contributed by atoms with E-state index in [4.69, 9.17) is 48.7 Å². The molecule has 1 aromatic heterocycles. The molecule has 3 aromatic carbocycles. The number of oxazole rings is 1. The van der Waals surface area contributed by atoms with Gasteiger partial charge in [-0.25, -0.2) is 14.2 Å². The zero-order valence-corrected chi connectivity index (χ0v) is 26.2. The largest absolute Gasteiger partial charge is 0.461 e. The fourth-order valence-electron chi connectivity index (χ4n) is 4.08. The lowest BCUT2D eigenvalue weighted by atomic mass is 9.96. The van der Waals surface area contributed by atoms with Gasteiger partial charge in [0.15, 0.2) is 0 Å². The monoisotopic (exact) mass is 703 g/mol. The number of ether oxygens (including phenoxy) is 2. The van der Waals surface area contributed by atoms with Gasteiger partial charge in [-0.15, -0.1) is 11.8 Å². The van der Waals surface area contributed by atoms with E-state index in [1.165, 1.54) is 36.0 Å². The van der Waals surface area contributed by atoms with Gasteiger partial charge in [-0.1, -0.05) is 65.1 Å². The van der Waals surface area contributed by atoms with Crippen molar-refractivity contribution in [2.24, 2.45) is 5.92 Å². The van der Waals surface area contributed by atoms with Crippen LogP contribution >= 0.6 is 46.6 Å². The maximum absolute atomic E-state index is 13.6. The van der Waals surface area contributed by atoms with Crippen LogP contribution in [0.2, 0.25) is 0 Å². The highest BCUT2D eigenvalue weighted by atomic mass is 35.6. The maximum atomic E-state index is 13.6. The smallest absolute Gasteiger partial charge is 0.451 e. The molecule has 4 rings (SSSR count). The first kappa shape index (κ1) is 34.6. The van der Waals surface area contributed by atoms with Gasteiger partial charge in [0.1, 0.15) is 24.7 Å². The number of esters is 2. The molecule has 1 unspecified atom stereocenters. The van der Waals surface area contributed by atoms with Crippen LogP contribution in [0.15, 0.2) is 88.2 Å². The van der Waals surface area contributed by atoms with Crippen molar-refractivity contribution in [1.82, 2.24) is 4.98 Å². The predicted octanol–water partition coefficient (Wildman–Crippen LogP) is 9.11. The number of carbonyl (C=O) groups excluding carboxylic acids is 2. The van der Waals surface area contributed by atoms with Gasteiger partial charge in [-0.05, 0) is 72.7 Å². The van der Waals surface area contributed by atoms with Gasteiger partial charge in [-0.3, -0.25) is 4.79 Å². The standard InChI is InChI=1S/C31H24Cl3F4NO5S/c32-30(33,34)18-43-29(41)22(14-15-45-24-12-10-23(35)11-13-24)16-19-6-8-21(9-7-19)28(40)42-17-25-26(31(36,37)38)44-27(39-25)20-4-2-1-3-5-20/h1-13,22H,14-18H2. The fraction of sp³-hybridized carbons (Fsp3) is 0.258. The van der Waals surface area contributed by atoms with E-state index in [0.717, 1.165) is 4.90 Å². The lowest BCUT2D eigenvalue weighted by Gasteiger charge is -2.18. The number of carbonyl (C=O) groups is 2. The summed E-state index contributed by atoms with van der Waals surface area (Å²) in [5, 5.41) is 0. The molecule has 45 heavy (non-hydrogen) atoms. The topological polar surface area (TPSA) is 78.6 Å². The molecule has 0 fully saturated rings. The lowest BCUT2D eigenvalue weighted by Crippen LogP contribution is -2.25. The first-order chi connectivity index (χ1) is 21.3. The third kappa shape index (κ3) is 10.7. The summed E-state index contributed by atoms with van der Waals surface area (Å²) in [6, 6.07) is 20.0. The van der Waals surface area contributed by atoms with Crippen LogP contribution < -0.4 is 0 Å². The Kier molecular flexibility index (Phi) is 11.8. The number of hydrogen-bond acceptors (Lipinski definition) is 7. The Morgan fingerprint density at radius 1 is 0.911 bits per heavy atom. The van der Waals surface area contributed by atoms with Crippen LogP contribution in [-0.4, -0.2) is 33.1 Å². The Morgan fingerprint density at radius 2 is 1.58 bits per heavy atom. The lowest BCUT2D eigenvalue weighted by molar-refractivity contribution is -0.154. The molecule has 0 bridgehead atoms. The van der Waals surface area contributed by atoms with Crippen molar-refractivity contribution in [3.8, 4) is 11.5 Å². The Morgan fingerprint density at radius 3 is 2.20 bits per heavy atom. The molecule has 238 valence electrons. The summed E-state index contributed by atoms with van der Waals surface area (Å²) in [4.78, 5) is 30.2. The van der Waals surface area contributed by atoms with Gasteiger partial charge in [0.05, 0.1) is 11.5 Å². The molecule has 0 spiro atoms. The van der Waals surface area contributed by atoms with Crippen LogP contribution in [0.4, 0.5) is 17.6 Å². The number of thioether (sulfide) groups is 1. The average Bonchev–Trinajstić information content (AvgIpc) is 3.45. The molecular formula is C31H24Cl3F4NO5S. The molecule has 6 nitrogen and oxygen atoms in total. The molecule has 0 radical (unpaired) electrons. The van der Waals surface area contributed by atoms with Crippen molar-refractivity contribution in [3.05, 3.63) is 107 Å². The van der Waals surface area contributed by atoms with Gasteiger partial charge in [-0.2, -0.15) is 13.2 Å². The highest BCUT2D eigenvalue weighted by Gasteiger charge is 2.40. The van der Waals surface area contributed by atoms with E-state index in [2.05, 4.69) is 4.98 Å². The Balaban J connectivity index is 1.40. The summed E-state index contributed by atoms with van der Waals surface area (Å²) in [5.41, 5.74) is 0.500. The zero-order chi connectivity index (χ0) is 32.6. The van der Waals surface area contributed by atoms with E-state index in [1.807, 2.05) is 0 Å². The summed E-state index contributed by atoms with van der Waals surface area (Å²) in [7, 11) is 0. The summed E-state index contributed by atoms with van der Waals surface area (Å²) < 4.78 is 67.4. The maximum Gasteiger partial charge on any atom is 0.451 e. The van der Waals surface area contributed by atoms with Crippen molar-refractivity contribution < 1.29 is 41.0 Å².